The molecule has 0 radical (unpaired) electrons. The smallest absolute Gasteiger partial charge is 0.188 e. The molecule has 0 aliphatic rings. The number of pyridine rings is 1. The van der Waals surface area contributed by atoms with Gasteiger partial charge in [0.15, 0.2) is 5.84 Å². The molecule has 1 aromatic heterocycles. The summed E-state index contributed by atoms with van der Waals surface area (Å²) in [5.41, 5.74) is 7.09. The van der Waals surface area contributed by atoms with Gasteiger partial charge in [0.2, 0.25) is 0 Å². The van der Waals surface area contributed by atoms with Gasteiger partial charge in [-0.2, -0.15) is 0 Å². The zero-order valence-corrected chi connectivity index (χ0v) is 9.72. The largest absolute Gasteiger partial charge is 0.409 e. The van der Waals surface area contributed by atoms with E-state index in [0.29, 0.717) is 5.69 Å². The zero-order valence-electron chi connectivity index (χ0n) is 9.72. The third kappa shape index (κ3) is 3.51. The fourth-order valence-corrected chi connectivity index (χ4v) is 1.54. The van der Waals surface area contributed by atoms with Crippen molar-refractivity contribution in [1.82, 2.24) is 9.88 Å². The fourth-order valence-electron chi connectivity index (χ4n) is 1.54. The molecule has 0 saturated carbocycles. The van der Waals surface area contributed by atoms with E-state index in [2.05, 4.69) is 29.0 Å². The van der Waals surface area contributed by atoms with Crippen molar-refractivity contribution in [3.8, 4) is 0 Å². The SMILES string of the molecule is CCCN(C)Cc1ccnc(C(N)=NO)c1. The Balaban J connectivity index is 2.75. The van der Waals surface area contributed by atoms with Crippen LogP contribution in [0, 0.1) is 0 Å². The molecule has 88 valence electrons. The molecule has 0 aromatic carbocycles. The molecular weight excluding hydrogens is 204 g/mol. The first-order valence-corrected chi connectivity index (χ1v) is 5.28. The number of amidine groups is 1. The van der Waals surface area contributed by atoms with E-state index in [-0.39, 0.29) is 5.84 Å². The molecule has 1 rings (SSSR count). The second-order valence-corrected chi connectivity index (χ2v) is 3.77. The van der Waals surface area contributed by atoms with Gasteiger partial charge in [0.25, 0.3) is 0 Å². The van der Waals surface area contributed by atoms with Crippen molar-refractivity contribution in [1.29, 1.82) is 0 Å². The van der Waals surface area contributed by atoms with Gasteiger partial charge in [0.1, 0.15) is 5.69 Å². The van der Waals surface area contributed by atoms with E-state index in [1.165, 1.54) is 0 Å². The van der Waals surface area contributed by atoms with Crippen LogP contribution in [-0.4, -0.2) is 34.5 Å². The zero-order chi connectivity index (χ0) is 12.0. The molecule has 0 aliphatic heterocycles. The van der Waals surface area contributed by atoms with Gasteiger partial charge < -0.3 is 15.8 Å². The molecule has 0 aliphatic carbocycles. The van der Waals surface area contributed by atoms with E-state index in [0.717, 1.165) is 25.1 Å². The first-order chi connectivity index (χ1) is 7.67. The Hall–Kier alpha value is -1.62. The third-order valence-electron chi connectivity index (χ3n) is 2.25. The molecule has 3 N–H and O–H groups in total. The van der Waals surface area contributed by atoms with Gasteiger partial charge >= 0.3 is 0 Å². The van der Waals surface area contributed by atoms with E-state index in [4.69, 9.17) is 10.9 Å². The predicted molar refractivity (Wildman–Crippen MR) is 63.4 cm³/mol. The lowest BCUT2D eigenvalue weighted by Gasteiger charge is -2.15. The Morgan fingerprint density at radius 1 is 1.62 bits per heavy atom. The van der Waals surface area contributed by atoms with Crippen LogP contribution in [0.2, 0.25) is 0 Å². The van der Waals surface area contributed by atoms with Gasteiger partial charge in [0, 0.05) is 12.7 Å². The lowest BCUT2D eigenvalue weighted by atomic mass is 10.2. The number of hydrogen-bond acceptors (Lipinski definition) is 4. The summed E-state index contributed by atoms with van der Waals surface area (Å²) in [5, 5.41) is 11.5. The molecule has 0 atom stereocenters. The van der Waals surface area contributed by atoms with Gasteiger partial charge in [-0.3, -0.25) is 4.98 Å². The highest BCUT2D eigenvalue weighted by atomic mass is 16.4. The van der Waals surface area contributed by atoms with E-state index in [1.807, 2.05) is 12.1 Å². The van der Waals surface area contributed by atoms with Crippen LogP contribution >= 0.6 is 0 Å². The van der Waals surface area contributed by atoms with Gasteiger partial charge in [-0.15, -0.1) is 0 Å². The second kappa shape index (κ2) is 6.07. The topological polar surface area (TPSA) is 74.7 Å². The highest BCUT2D eigenvalue weighted by Gasteiger charge is 2.04. The summed E-state index contributed by atoms with van der Waals surface area (Å²) < 4.78 is 0. The van der Waals surface area contributed by atoms with Crippen LogP contribution in [0.3, 0.4) is 0 Å². The van der Waals surface area contributed by atoms with Crippen molar-refractivity contribution in [2.45, 2.75) is 19.9 Å². The minimum absolute atomic E-state index is 0.0417. The minimum atomic E-state index is 0.0417. The molecule has 5 nitrogen and oxygen atoms in total. The number of nitrogens with zero attached hydrogens (tertiary/aromatic N) is 3. The molecule has 16 heavy (non-hydrogen) atoms. The van der Waals surface area contributed by atoms with Crippen LogP contribution in [0.1, 0.15) is 24.6 Å². The molecule has 5 heteroatoms. The molecule has 1 heterocycles. The lowest BCUT2D eigenvalue weighted by Crippen LogP contribution is -2.20. The molecule has 0 amide bonds. The van der Waals surface area contributed by atoms with Crippen LogP contribution in [0.25, 0.3) is 0 Å². The van der Waals surface area contributed by atoms with Gasteiger partial charge in [0.05, 0.1) is 0 Å². The Kier molecular flexibility index (Phi) is 4.72. The monoisotopic (exact) mass is 222 g/mol. The molecule has 0 unspecified atom stereocenters. The number of aromatic nitrogens is 1. The number of nitrogens with two attached hydrogens (primary N) is 1. The van der Waals surface area contributed by atoms with Crippen LogP contribution in [0.5, 0.6) is 0 Å². The fraction of sp³-hybridized carbons (Fsp3) is 0.455. The third-order valence-corrected chi connectivity index (χ3v) is 2.25. The van der Waals surface area contributed by atoms with Crippen LogP contribution in [0.4, 0.5) is 0 Å². The summed E-state index contributed by atoms with van der Waals surface area (Å²) in [6.45, 7) is 4.02. The van der Waals surface area contributed by atoms with Crippen molar-refractivity contribution in [2.75, 3.05) is 13.6 Å². The average molecular weight is 222 g/mol. The second-order valence-electron chi connectivity index (χ2n) is 3.77. The van der Waals surface area contributed by atoms with E-state index in [1.54, 1.807) is 6.20 Å². The van der Waals surface area contributed by atoms with Crippen molar-refractivity contribution >= 4 is 5.84 Å². The Labute approximate surface area is 95.6 Å². The van der Waals surface area contributed by atoms with E-state index >= 15 is 0 Å². The standard InChI is InChI=1S/C11H18N4O/c1-3-6-15(2)8-9-4-5-13-10(7-9)11(12)14-16/h4-5,7,16H,3,6,8H2,1-2H3,(H2,12,14). The molecule has 0 spiro atoms. The molecule has 0 saturated heterocycles. The summed E-state index contributed by atoms with van der Waals surface area (Å²) in [5.74, 6) is 0.0417. The first kappa shape index (κ1) is 12.4. The lowest BCUT2D eigenvalue weighted by molar-refractivity contribution is 0.318. The number of rotatable bonds is 5. The van der Waals surface area contributed by atoms with E-state index in [9.17, 15) is 0 Å². The van der Waals surface area contributed by atoms with Crippen molar-refractivity contribution < 1.29 is 5.21 Å². The Morgan fingerprint density at radius 2 is 2.38 bits per heavy atom. The maximum atomic E-state index is 8.56. The van der Waals surface area contributed by atoms with Crippen molar-refractivity contribution in [3.05, 3.63) is 29.6 Å². The van der Waals surface area contributed by atoms with Gasteiger partial charge in [-0.1, -0.05) is 12.1 Å². The van der Waals surface area contributed by atoms with Crippen LogP contribution < -0.4 is 5.73 Å². The Bertz CT molecular complexity index is 365. The van der Waals surface area contributed by atoms with Gasteiger partial charge in [-0.05, 0) is 37.7 Å². The van der Waals surface area contributed by atoms with Crippen molar-refractivity contribution in [3.63, 3.8) is 0 Å². The van der Waals surface area contributed by atoms with E-state index < -0.39 is 0 Å². The predicted octanol–water partition coefficient (Wildman–Crippen LogP) is 1.02. The summed E-state index contributed by atoms with van der Waals surface area (Å²) in [6, 6.07) is 3.77. The minimum Gasteiger partial charge on any atom is -0.409 e. The summed E-state index contributed by atoms with van der Waals surface area (Å²) in [7, 11) is 2.06. The van der Waals surface area contributed by atoms with Gasteiger partial charge in [-0.25, -0.2) is 0 Å². The summed E-state index contributed by atoms with van der Waals surface area (Å²) in [6.07, 6.45) is 2.79. The van der Waals surface area contributed by atoms with Crippen LogP contribution in [0.15, 0.2) is 23.5 Å². The van der Waals surface area contributed by atoms with Crippen molar-refractivity contribution in [2.24, 2.45) is 10.9 Å². The summed E-state index contributed by atoms with van der Waals surface area (Å²) in [4.78, 5) is 6.24. The number of oxime groups is 1. The molecular formula is C11H18N4O. The molecule has 1 aromatic rings. The van der Waals surface area contributed by atoms with Crippen LogP contribution in [-0.2, 0) is 6.54 Å². The summed E-state index contributed by atoms with van der Waals surface area (Å²) >= 11 is 0. The molecule has 0 bridgehead atoms. The first-order valence-electron chi connectivity index (χ1n) is 5.28. The molecule has 0 fully saturated rings. The number of hydrogen-bond donors (Lipinski definition) is 2. The highest BCUT2D eigenvalue weighted by Crippen LogP contribution is 2.05. The highest BCUT2D eigenvalue weighted by molar-refractivity contribution is 5.95. The normalized spacial score (nSPS) is 12.1. The Morgan fingerprint density at radius 3 is 3.00 bits per heavy atom. The maximum Gasteiger partial charge on any atom is 0.188 e. The quantitative estimate of drug-likeness (QED) is 0.337. The maximum absolute atomic E-state index is 8.56. The average Bonchev–Trinajstić information content (AvgIpc) is 2.28.